The molecular formula is C5H4N3Se. The molecule has 0 amide bonds. The molecule has 0 atom stereocenters. The number of nitrogens with one attached hydrogen (secondary N) is 1. The minimum absolute atomic E-state index is 0.371. The average molecular weight is 185 g/mol. The Morgan fingerprint density at radius 3 is 2.33 bits per heavy atom. The molecule has 0 aromatic carbocycles. The van der Waals surface area contributed by atoms with Crippen LogP contribution in [0.3, 0.4) is 0 Å². The Balaban J connectivity index is 2.98. The molecule has 9 heavy (non-hydrogen) atoms. The first-order valence-corrected chi connectivity index (χ1v) is 3.17. The summed E-state index contributed by atoms with van der Waals surface area (Å²) in [6, 6.07) is 0. The van der Waals surface area contributed by atoms with Gasteiger partial charge in [-0.15, -0.1) is 0 Å². The van der Waals surface area contributed by atoms with Gasteiger partial charge in [-0.05, 0) is 0 Å². The van der Waals surface area contributed by atoms with Crippen LogP contribution in [0.1, 0.15) is 5.56 Å². The summed E-state index contributed by atoms with van der Waals surface area (Å²) in [4.78, 5) is 7.47. The van der Waals surface area contributed by atoms with Gasteiger partial charge >= 0.3 is 60.3 Å². The number of rotatable bonds is 1. The van der Waals surface area contributed by atoms with Gasteiger partial charge in [0.1, 0.15) is 0 Å². The van der Waals surface area contributed by atoms with E-state index in [4.69, 9.17) is 5.41 Å². The molecule has 1 rings (SSSR count). The Kier molecular flexibility index (Phi) is 1.92. The molecule has 1 radical (unpaired) electrons. The summed E-state index contributed by atoms with van der Waals surface area (Å²) >= 11 is 2.56. The van der Waals surface area contributed by atoms with E-state index in [9.17, 15) is 0 Å². The second kappa shape index (κ2) is 2.71. The van der Waals surface area contributed by atoms with E-state index in [0.29, 0.717) is 4.61 Å². The fourth-order valence-corrected chi connectivity index (χ4v) is 0.638. The maximum absolute atomic E-state index is 7.10. The molecule has 0 saturated carbocycles. The molecule has 45 valence electrons. The van der Waals surface area contributed by atoms with E-state index in [1.54, 1.807) is 12.4 Å². The van der Waals surface area contributed by atoms with Gasteiger partial charge in [0.15, 0.2) is 0 Å². The van der Waals surface area contributed by atoms with E-state index in [1.807, 2.05) is 0 Å². The van der Waals surface area contributed by atoms with Crippen molar-refractivity contribution in [2.45, 2.75) is 0 Å². The predicted molar refractivity (Wildman–Crippen MR) is 34.6 cm³/mol. The fraction of sp³-hybridized carbons (Fsp3) is 0. The predicted octanol–water partition coefficient (Wildman–Crippen LogP) is -0.0295. The molecule has 0 aliphatic rings. The van der Waals surface area contributed by atoms with Crippen LogP contribution in [-0.4, -0.2) is 30.6 Å². The van der Waals surface area contributed by atoms with E-state index in [0.717, 1.165) is 5.56 Å². The van der Waals surface area contributed by atoms with Crippen LogP contribution in [0.15, 0.2) is 18.7 Å². The molecule has 0 saturated heterocycles. The van der Waals surface area contributed by atoms with Crippen molar-refractivity contribution >= 4 is 20.6 Å². The molecule has 3 nitrogen and oxygen atoms in total. The third kappa shape index (κ3) is 1.59. The van der Waals surface area contributed by atoms with Crippen molar-refractivity contribution in [2.75, 3.05) is 0 Å². The van der Waals surface area contributed by atoms with Gasteiger partial charge in [0.25, 0.3) is 0 Å². The molecule has 1 N–H and O–H groups in total. The van der Waals surface area contributed by atoms with Gasteiger partial charge in [0, 0.05) is 0 Å². The number of hydrogen-bond acceptors (Lipinski definition) is 3. The van der Waals surface area contributed by atoms with E-state index < -0.39 is 0 Å². The van der Waals surface area contributed by atoms with Crippen LogP contribution in [-0.2, 0) is 0 Å². The monoisotopic (exact) mass is 186 g/mol. The van der Waals surface area contributed by atoms with Crippen LogP contribution in [0, 0.1) is 5.41 Å². The Hall–Kier alpha value is -0.731. The fourth-order valence-electron chi connectivity index (χ4n) is 0.416. The van der Waals surface area contributed by atoms with Gasteiger partial charge in [0.2, 0.25) is 0 Å². The zero-order valence-corrected chi connectivity index (χ0v) is 6.25. The van der Waals surface area contributed by atoms with Crippen LogP contribution >= 0.6 is 0 Å². The van der Waals surface area contributed by atoms with E-state index in [-0.39, 0.29) is 0 Å². The van der Waals surface area contributed by atoms with Crippen molar-refractivity contribution in [3.63, 3.8) is 0 Å². The number of hydrogen-bond donors (Lipinski definition) is 1. The van der Waals surface area contributed by atoms with Gasteiger partial charge in [-0.25, -0.2) is 0 Å². The molecule has 1 heterocycles. The molecule has 1 aromatic heterocycles. The minimum atomic E-state index is 0.371. The Bertz CT molecular complexity index is 209. The van der Waals surface area contributed by atoms with Crippen molar-refractivity contribution in [1.29, 1.82) is 5.41 Å². The number of nitrogens with zero attached hydrogens (tertiary/aromatic N) is 2. The van der Waals surface area contributed by atoms with Gasteiger partial charge in [-0.2, -0.15) is 0 Å². The van der Waals surface area contributed by atoms with Crippen LogP contribution < -0.4 is 0 Å². The topological polar surface area (TPSA) is 49.6 Å². The Labute approximate surface area is 60.9 Å². The normalized spacial score (nSPS) is 8.89. The maximum atomic E-state index is 7.10. The van der Waals surface area contributed by atoms with Crippen molar-refractivity contribution in [2.24, 2.45) is 0 Å². The summed E-state index contributed by atoms with van der Waals surface area (Å²) in [5.74, 6) is 0. The van der Waals surface area contributed by atoms with E-state index in [2.05, 4.69) is 26.0 Å². The van der Waals surface area contributed by atoms with E-state index >= 15 is 0 Å². The summed E-state index contributed by atoms with van der Waals surface area (Å²) in [5, 5.41) is 7.10. The molecular weight excluding hydrogens is 181 g/mol. The molecule has 1 aromatic rings. The van der Waals surface area contributed by atoms with Gasteiger partial charge in [-0.3, -0.25) is 0 Å². The first kappa shape index (κ1) is 6.39. The Morgan fingerprint density at radius 2 is 2.00 bits per heavy atom. The quantitative estimate of drug-likeness (QED) is 0.493. The third-order valence-corrected chi connectivity index (χ3v) is 1.32. The summed E-state index contributed by atoms with van der Waals surface area (Å²) < 4.78 is 0.371. The van der Waals surface area contributed by atoms with Crippen molar-refractivity contribution in [1.82, 2.24) is 9.97 Å². The summed E-state index contributed by atoms with van der Waals surface area (Å²) in [6.45, 7) is 0. The molecule has 0 bridgehead atoms. The van der Waals surface area contributed by atoms with Gasteiger partial charge in [0.05, 0.1) is 0 Å². The Morgan fingerprint density at radius 1 is 1.44 bits per heavy atom. The summed E-state index contributed by atoms with van der Waals surface area (Å²) in [7, 11) is 0. The zero-order valence-electron chi connectivity index (χ0n) is 4.53. The van der Waals surface area contributed by atoms with Crippen LogP contribution in [0.2, 0.25) is 0 Å². The van der Waals surface area contributed by atoms with Gasteiger partial charge in [-0.1, -0.05) is 0 Å². The van der Waals surface area contributed by atoms with E-state index in [1.165, 1.54) is 6.33 Å². The van der Waals surface area contributed by atoms with Crippen molar-refractivity contribution in [3.05, 3.63) is 24.3 Å². The van der Waals surface area contributed by atoms with Crippen LogP contribution in [0.4, 0.5) is 0 Å². The van der Waals surface area contributed by atoms with Crippen LogP contribution in [0.5, 0.6) is 0 Å². The molecule has 4 heteroatoms. The first-order valence-electron chi connectivity index (χ1n) is 2.31. The zero-order chi connectivity index (χ0) is 6.69. The SMILES string of the molecule is N=C([Se])c1cncnc1. The van der Waals surface area contributed by atoms with Crippen molar-refractivity contribution < 1.29 is 0 Å². The molecule has 0 aliphatic carbocycles. The van der Waals surface area contributed by atoms with Crippen LogP contribution in [0.25, 0.3) is 0 Å². The second-order valence-corrected chi connectivity index (χ2v) is 2.31. The first-order chi connectivity index (χ1) is 4.30. The van der Waals surface area contributed by atoms with Crippen molar-refractivity contribution in [3.8, 4) is 0 Å². The summed E-state index contributed by atoms with van der Waals surface area (Å²) in [5.41, 5.74) is 0.720. The molecule has 0 aliphatic heterocycles. The molecule has 0 unspecified atom stereocenters. The average Bonchev–Trinajstić information content (AvgIpc) is 1.90. The second-order valence-electron chi connectivity index (χ2n) is 1.46. The third-order valence-electron chi connectivity index (χ3n) is 0.823. The standard InChI is InChI=1S/C5H4N3Se/c6-5(9)4-1-7-3-8-2-4/h1-3,6H. The molecule has 0 fully saturated rings. The summed E-state index contributed by atoms with van der Waals surface area (Å²) in [6.07, 6.45) is 4.62. The number of aromatic nitrogens is 2. The molecule has 0 spiro atoms. The van der Waals surface area contributed by atoms with Gasteiger partial charge < -0.3 is 0 Å².